The van der Waals surface area contributed by atoms with E-state index in [4.69, 9.17) is 0 Å². The Morgan fingerprint density at radius 2 is 1.09 bits per heavy atom. The van der Waals surface area contributed by atoms with E-state index in [2.05, 4.69) is 31.2 Å². The van der Waals surface area contributed by atoms with E-state index in [0.717, 1.165) is 11.1 Å². The monoisotopic (exact) mass is 806 g/mol. The summed E-state index contributed by atoms with van der Waals surface area (Å²) in [6.45, 7) is 7.15. The first-order chi connectivity index (χ1) is 27.7. The number of carbonyl (C=O) groups excluding carboxylic acids is 4. The van der Waals surface area contributed by atoms with Gasteiger partial charge in [-0.25, -0.2) is 8.78 Å². The van der Waals surface area contributed by atoms with Crippen molar-refractivity contribution in [3.8, 4) is 11.4 Å². The molecule has 2 aromatic carbocycles. The molecule has 4 unspecified atom stereocenters. The van der Waals surface area contributed by atoms with Crippen molar-refractivity contribution < 1.29 is 38.2 Å². The number of H-pyrrole nitrogens is 2. The summed E-state index contributed by atoms with van der Waals surface area (Å²) >= 11 is 0. The SMILES string of the molecule is CCC(NC(=O)C(C)NC)C(=O)N1C[C@@H](O)C[C@H]1Cc1c(-c2[nH]c3cc(F)ccc3c2C[C@@H]2C[C@H](O)CN2C(=O)C(CC)NC(=O)C(C)NC)[nH]c2cc(F)ccc12. The highest BCUT2D eigenvalue weighted by atomic mass is 19.1. The van der Waals surface area contributed by atoms with Gasteiger partial charge in [0.2, 0.25) is 23.6 Å². The Labute approximate surface area is 336 Å². The molecule has 2 aromatic heterocycles. The lowest BCUT2D eigenvalue weighted by molar-refractivity contribution is -0.138. The molecular formula is C42H56F2N8O6. The molecule has 2 fully saturated rings. The van der Waals surface area contributed by atoms with Crippen LogP contribution in [0.5, 0.6) is 0 Å². The first kappa shape index (κ1) is 42.7. The number of aliphatic hydroxyl groups excluding tert-OH is 2. The van der Waals surface area contributed by atoms with E-state index >= 15 is 0 Å². The molecule has 6 rings (SSSR count). The van der Waals surface area contributed by atoms with E-state index in [1.807, 2.05) is 13.8 Å². The van der Waals surface area contributed by atoms with E-state index < -0.39 is 60.1 Å². The van der Waals surface area contributed by atoms with Gasteiger partial charge in [-0.15, -0.1) is 0 Å². The fraction of sp³-hybridized carbons (Fsp3) is 0.524. The average molecular weight is 807 g/mol. The second-order valence-corrected chi connectivity index (χ2v) is 15.8. The number of aromatic nitrogens is 2. The number of β-amino-alcohol motifs (C(OH)–C–C–N with tert-alkyl or cyclic N) is 2. The van der Waals surface area contributed by atoms with Crippen molar-refractivity contribution in [2.75, 3.05) is 27.2 Å². The number of hydrogen-bond acceptors (Lipinski definition) is 8. The van der Waals surface area contributed by atoms with Crippen LogP contribution < -0.4 is 21.3 Å². The molecule has 0 aliphatic carbocycles. The standard InChI is InChI=1S/C42H56F2N8O6/c1-7-33(49-39(55)21(3)45-5)41(57)51-19-27(53)15-25(51)17-31-29-11-9-23(43)13-35(29)47-37(31)38-32(30-12-10-24(44)14-36(30)48-38)18-26-16-28(54)20-52(26)42(58)34(8-2)50-40(56)22(4)46-6/h9-14,21-22,25-28,33-34,45-48,53-54H,7-8,15-20H2,1-6H3,(H,49,55)(H,50,56)/t21?,22?,25-,26-,27-,28-,33?,34?/m0/s1. The van der Waals surface area contributed by atoms with Gasteiger partial charge in [0.15, 0.2) is 0 Å². The lowest BCUT2D eigenvalue weighted by Crippen LogP contribution is -2.53. The van der Waals surface area contributed by atoms with Gasteiger partial charge in [-0.3, -0.25) is 19.2 Å². The van der Waals surface area contributed by atoms with Gasteiger partial charge >= 0.3 is 0 Å². The number of carbonyl (C=O) groups is 4. The van der Waals surface area contributed by atoms with E-state index in [1.165, 1.54) is 24.3 Å². The van der Waals surface area contributed by atoms with E-state index in [9.17, 15) is 38.2 Å². The number of nitrogens with zero attached hydrogens (tertiary/aromatic N) is 2. The zero-order valence-electron chi connectivity index (χ0n) is 33.9. The lowest BCUT2D eigenvalue weighted by Gasteiger charge is -2.30. The molecule has 0 spiro atoms. The fourth-order valence-corrected chi connectivity index (χ4v) is 8.42. The quantitative estimate of drug-likeness (QED) is 0.0899. The van der Waals surface area contributed by atoms with Gasteiger partial charge in [-0.05, 0) is 114 Å². The maximum atomic E-state index is 14.8. The number of likely N-dealkylation sites (N-methyl/N-ethyl adjacent to an activating group) is 2. The van der Waals surface area contributed by atoms with Crippen LogP contribution >= 0.6 is 0 Å². The van der Waals surface area contributed by atoms with Gasteiger partial charge in [-0.2, -0.15) is 0 Å². The molecule has 8 atom stereocenters. The number of benzene rings is 2. The van der Waals surface area contributed by atoms with Crippen LogP contribution in [-0.2, 0) is 32.0 Å². The molecule has 4 amide bonds. The lowest BCUT2D eigenvalue weighted by atomic mass is 9.94. The van der Waals surface area contributed by atoms with Crippen molar-refractivity contribution in [3.63, 3.8) is 0 Å². The van der Waals surface area contributed by atoms with Gasteiger partial charge in [0.1, 0.15) is 23.7 Å². The molecule has 0 saturated carbocycles. The fourth-order valence-electron chi connectivity index (χ4n) is 8.42. The third kappa shape index (κ3) is 8.75. The highest BCUT2D eigenvalue weighted by Crippen LogP contribution is 2.40. The van der Waals surface area contributed by atoms with Crippen LogP contribution in [0, 0.1) is 11.6 Å². The molecule has 0 radical (unpaired) electrons. The largest absolute Gasteiger partial charge is 0.391 e. The van der Waals surface area contributed by atoms with Crippen LogP contribution in [0.2, 0.25) is 0 Å². The molecule has 16 heteroatoms. The Morgan fingerprint density at radius 1 is 0.707 bits per heavy atom. The number of aromatic amines is 2. The Bertz CT molecular complexity index is 2010. The Balaban J connectivity index is 1.40. The summed E-state index contributed by atoms with van der Waals surface area (Å²) in [5, 5.41) is 34.7. The minimum Gasteiger partial charge on any atom is -0.391 e. The predicted octanol–water partition coefficient (Wildman–Crippen LogP) is 2.61. The number of likely N-dealkylation sites (tertiary alicyclic amines) is 2. The molecule has 58 heavy (non-hydrogen) atoms. The summed E-state index contributed by atoms with van der Waals surface area (Å²) in [5.41, 5.74) is 3.58. The van der Waals surface area contributed by atoms with Crippen molar-refractivity contribution in [3.05, 3.63) is 59.2 Å². The minimum atomic E-state index is -0.817. The molecule has 0 bridgehead atoms. The van der Waals surface area contributed by atoms with E-state index in [0.29, 0.717) is 46.0 Å². The first-order valence-electron chi connectivity index (χ1n) is 20.2. The Hall–Kier alpha value is -4.90. The zero-order chi connectivity index (χ0) is 42.0. The Morgan fingerprint density at radius 3 is 1.43 bits per heavy atom. The minimum absolute atomic E-state index is 0.0711. The van der Waals surface area contributed by atoms with Crippen LogP contribution in [0.15, 0.2) is 36.4 Å². The number of nitrogens with one attached hydrogen (secondary N) is 6. The summed E-state index contributed by atoms with van der Waals surface area (Å²) in [6, 6.07) is 5.13. The Kier molecular flexibility index (Phi) is 13.2. The molecule has 2 aliphatic rings. The van der Waals surface area contributed by atoms with Crippen molar-refractivity contribution in [2.24, 2.45) is 0 Å². The van der Waals surface area contributed by atoms with E-state index in [1.54, 1.807) is 49.9 Å². The molecule has 4 heterocycles. The second-order valence-electron chi connectivity index (χ2n) is 15.8. The number of halogens is 2. The van der Waals surface area contributed by atoms with Gasteiger partial charge in [0, 0.05) is 47.0 Å². The van der Waals surface area contributed by atoms with Crippen LogP contribution in [0.1, 0.15) is 64.5 Å². The number of hydrogen-bond donors (Lipinski definition) is 8. The average Bonchev–Trinajstić information content (AvgIpc) is 3.96. The van der Waals surface area contributed by atoms with Crippen molar-refractivity contribution in [1.29, 1.82) is 0 Å². The van der Waals surface area contributed by atoms with Crippen molar-refractivity contribution in [2.45, 2.75) is 115 Å². The molecule has 8 N–H and O–H groups in total. The summed E-state index contributed by atoms with van der Waals surface area (Å²) in [7, 11) is 3.31. The first-order valence-corrected chi connectivity index (χ1v) is 20.2. The van der Waals surface area contributed by atoms with Gasteiger partial charge in [0.25, 0.3) is 0 Å². The van der Waals surface area contributed by atoms with Gasteiger partial charge < -0.3 is 51.2 Å². The molecule has 2 aliphatic heterocycles. The van der Waals surface area contributed by atoms with Gasteiger partial charge in [0.05, 0.1) is 35.7 Å². The zero-order valence-corrected chi connectivity index (χ0v) is 33.9. The maximum Gasteiger partial charge on any atom is 0.245 e. The predicted molar refractivity (Wildman–Crippen MR) is 217 cm³/mol. The number of fused-ring (bicyclic) bond motifs is 2. The van der Waals surface area contributed by atoms with Crippen LogP contribution in [0.3, 0.4) is 0 Å². The van der Waals surface area contributed by atoms with Crippen LogP contribution in [-0.4, -0.2) is 129 Å². The summed E-state index contributed by atoms with van der Waals surface area (Å²) in [5.74, 6) is -2.21. The number of rotatable bonds is 15. The number of aliphatic hydroxyl groups is 2. The van der Waals surface area contributed by atoms with Gasteiger partial charge in [-0.1, -0.05) is 13.8 Å². The van der Waals surface area contributed by atoms with Crippen LogP contribution in [0.4, 0.5) is 8.78 Å². The summed E-state index contributed by atoms with van der Waals surface area (Å²) < 4.78 is 29.6. The topological polar surface area (TPSA) is 195 Å². The summed E-state index contributed by atoms with van der Waals surface area (Å²) in [4.78, 5) is 63.7. The van der Waals surface area contributed by atoms with Crippen LogP contribution in [0.25, 0.3) is 33.2 Å². The third-order valence-electron chi connectivity index (χ3n) is 11.9. The van der Waals surface area contributed by atoms with E-state index in [-0.39, 0.29) is 62.4 Å². The molecular weight excluding hydrogens is 751 g/mol. The second kappa shape index (κ2) is 17.9. The molecule has 2 saturated heterocycles. The maximum absolute atomic E-state index is 14.8. The highest BCUT2D eigenvalue weighted by molar-refractivity contribution is 5.97. The molecule has 14 nitrogen and oxygen atoms in total. The third-order valence-corrected chi connectivity index (χ3v) is 11.9. The smallest absolute Gasteiger partial charge is 0.245 e. The summed E-state index contributed by atoms with van der Waals surface area (Å²) in [6.07, 6.45) is 0.0738. The molecule has 314 valence electrons. The van der Waals surface area contributed by atoms with Crippen molar-refractivity contribution >= 4 is 45.4 Å². The van der Waals surface area contributed by atoms with Crippen molar-refractivity contribution in [1.82, 2.24) is 41.0 Å². The number of amides is 4. The molecule has 4 aromatic rings. The normalized spacial score (nSPS) is 21.7. The highest BCUT2D eigenvalue weighted by Gasteiger charge is 2.41.